The smallest absolute Gasteiger partial charge is 0.309 e. The Bertz CT molecular complexity index is 104. The van der Waals surface area contributed by atoms with Gasteiger partial charge in [0, 0.05) is 51.3 Å². The summed E-state index contributed by atoms with van der Waals surface area (Å²) in [6.45, 7) is 5.30. The van der Waals surface area contributed by atoms with Gasteiger partial charge in [-0.3, -0.25) is 4.79 Å². The normalized spacial score (nSPS) is 9.10. The summed E-state index contributed by atoms with van der Waals surface area (Å²) in [7, 11) is 0. The molecule has 0 heterocycles. The van der Waals surface area contributed by atoms with Crippen molar-refractivity contribution in [3.05, 3.63) is 0 Å². The van der Waals surface area contributed by atoms with E-state index in [1.165, 1.54) is 0 Å². The monoisotopic (exact) mass is 256 g/mol. The molecule has 0 bridgehead atoms. The molecule has 2 radical (unpaired) electrons. The quantitative estimate of drug-likeness (QED) is 0.812. The maximum Gasteiger partial charge on any atom is 0.309 e. The number of aliphatic carboxylic acids is 1. The molecular weight excluding hydrogens is 244 g/mol. The van der Waals surface area contributed by atoms with Crippen molar-refractivity contribution in [1.82, 2.24) is 0 Å². The van der Waals surface area contributed by atoms with Crippen LogP contribution >= 0.6 is 0 Å². The minimum absolute atomic E-state index is 0. The van der Waals surface area contributed by atoms with Crippen LogP contribution in [0.3, 0.4) is 0 Å². The van der Waals surface area contributed by atoms with Gasteiger partial charge in [0.25, 0.3) is 0 Å². The van der Waals surface area contributed by atoms with Crippen LogP contribution < -0.4 is 0 Å². The zero-order chi connectivity index (χ0) is 6.78. The second-order valence-electron chi connectivity index (χ2n) is 2.54. The molecule has 10 heavy (non-hydrogen) atoms. The SMILES string of the molecule is CCC(C)(C)C(=O)O.[V].[Y]. The zero-order valence-corrected chi connectivity index (χ0v) is 10.8. The van der Waals surface area contributed by atoms with E-state index in [4.69, 9.17) is 5.11 Å². The number of rotatable bonds is 2. The molecule has 0 aliphatic rings. The Labute approximate surface area is 98.9 Å². The third kappa shape index (κ3) is 5.91. The fourth-order valence-electron chi connectivity index (χ4n) is 0.151. The van der Waals surface area contributed by atoms with Crippen LogP contribution in [0.4, 0.5) is 0 Å². The molecule has 0 aromatic carbocycles. The van der Waals surface area contributed by atoms with Crippen LogP contribution in [0.25, 0.3) is 0 Å². The number of carbonyl (C=O) groups is 1. The van der Waals surface area contributed by atoms with Crippen LogP contribution in [-0.2, 0) is 56.1 Å². The molecule has 0 aromatic rings. The molecule has 0 atom stereocenters. The van der Waals surface area contributed by atoms with Crippen LogP contribution in [0, 0.1) is 5.41 Å². The Morgan fingerprint density at radius 3 is 1.80 bits per heavy atom. The molecule has 0 rings (SSSR count). The number of carboxylic acid groups (broad SMARTS) is 1. The molecule has 0 aromatic heterocycles. The third-order valence-electron chi connectivity index (χ3n) is 1.46. The van der Waals surface area contributed by atoms with Crippen molar-refractivity contribution in [3.63, 3.8) is 0 Å². The van der Waals surface area contributed by atoms with E-state index >= 15 is 0 Å². The van der Waals surface area contributed by atoms with E-state index < -0.39 is 11.4 Å². The molecule has 56 valence electrons. The summed E-state index contributed by atoms with van der Waals surface area (Å²) in [5.74, 6) is -0.722. The third-order valence-corrected chi connectivity index (χ3v) is 1.46. The van der Waals surface area contributed by atoms with E-state index in [1.807, 2.05) is 6.92 Å². The van der Waals surface area contributed by atoms with Gasteiger partial charge in [0.1, 0.15) is 0 Å². The van der Waals surface area contributed by atoms with Gasteiger partial charge in [0.2, 0.25) is 0 Å². The second kappa shape index (κ2) is 6.84. The Hall–Kier alpha value is 1.16. The Morgan fingerprint density at radius 2 is 1.80 bits per heavy atom. The minimum Gasteiger partial charge on any atom is -0.481 e. The van der Waals surface area contributed by atoms with Crippen molar-refractivity contribution in [2.75, 3.05) is 0 Å². The second-order valence-corrected chi connectivity index (χ2v) is 2.54. The summed E-state index contributed by atoms with van der Waals surface area (Å²) in [6, 6.07) is 0. The number of carboxylic acids is 1. The van der Waals surface area contributed by atoms with Crippen molar-refractivity contribution in [1.29, 1.82) is 0 Å². The fourth-order valence-corrected chi connectivity index (χ4v) is 0.151. The average Bonchev–Trinajstić information content (AvgIpc) is 1.67. The average molecular weight is 256 g/mol. The van der Waals surface area contributed by atoms with E-state index in [0.29, 0.717) is 6.42 Å². The van der Waals surface area contributed by atoms with Gasteiger partial charge >= 0.3 is 5.97 Å². The summed E-state index contributed by atoms with van der Waals surface area (Å²) in [5.41, 5.74) is -0.542. The first-order valence-electron chi connectivity index (χ1n) is 2.74. The van der Waals surface area contributed by atoms with Crippen molar-refractivity contribution in [3.8, 4) is 0 Å². The maximum absolute atomic E-state index is 10.3. The van der Waals surface area contributed by atoms with Crippen LogP contribution in [0.5, 0.6) is 0 Å². The topological polar surface area (TPSA) is 37.3 Å². The first-order valence-corrected chi connectivity index (χ1v) is 2.74. The van der Waals surface area contributed by atoms with Gasteiger partial charge in [0.05, 0.1) is 5.41 Å². The number of hydrogen-bond donors (Lipinski definition) is 1. The largest absolute Gasteiger partial charge is 0.481 e. The Balaban J connectivity index is -0.000000245. The van der Waals surface area contributed by atoms with Crippen molar-refractivity contribution < 1.29 is 61.2 Å². The summed E-state index contributed by atoms with van der Waals surface area (Å²) < 4.78 is 0. The van der Waals surface area contributed by atoms with Crippen LogP contribution in [0.15, 0.2) is 0 Å². The maximum atomic E-state index is 10.3. The summed E-state index contributed by atoms with van der Waals surface area (Å²) in [4.78, 5) is 10.3. The van der Waals surface area contributed by atoms with E-state index in [9.17, 15) is 4.79 Å². The molecule has 2 nitrogen and oxygen atoms in total. The van der Waals surface area contributed by atoms with E-state index in [1.54, 1.807) is 13.8 Å². The molecule has 0 amide bonds. The zero-order valence-electron chi connectivity index (χ0n) is 6.59. The van der Waals surface area contributed by atoms with Crippen LogP contribution in [0.2, 0.25) is 0 Å². The Kier molecular flexibility index (Phi) is 11.8. The predicted molar refractivity (Wildman–Crippen MR) is 31.7 cm³/mol. The van der Waals surface area contributed by atoms with Gasteiger partial charge < -0.3 is 5.11 Å². The molecule has 0 aliphatic carbocycles. The predicted octanol–water partition coefficient (Wildman–Crippen LogP) is 1.50. The molecule has 4 heteroatoms. The molecule has 0 aliphatic heterocycles. The molecule has 0 fully saturated rings. The van der Waals surface area contributed by atoms with Crippen molar-refractivity contribution in [2.45, 2.75) is 27.2 Å². The van der Waals surface area contributed by atoms with Crippen molar-refractivity contribution in [2.24, 2.45) is 5.41 Å². The molecule has 0 saturated heterocycles. The molecule has 0 saturated carbocycles. The molecule has 0 spiro atoms. The number of hydrogen-bond acceptors (Lipinski definition) is 1. The summed E-state index contributed by atoms with van der Waals surface area (Å²) in [5, 5.41) is 8.44. The molecule has 0 unspecified atom stereocenters. The summed E-state index contributed by atoms with van der Waals surface area (Å²) >= 11 is 0. The molecular formula is C6H12O2VY. The standard InChI is InChI=1S/C6H12O2.V.Y/c1-4-6(2,3)5(7)8;;/h4H2,1-3H3,(H,7,8);;. The molecule has 1 N–H and O–H groups in total. The van der Waals surface area contributed by atoms with Crippen LogP contribution in [0.1, 0.15) is 27.2 Å². The van der Waals surface area contributed by atoms with Gasteiger partial charge in [-0.2, -0.15) is 0 Å². The summed E-state index contributed by atoms with van der Waals surface area (Å²) in [6.07, 6.45) is 0.683. The Morgan fingerprint density at radius 1 is 1.50 bits per heavy atom. The van der Waals surface area contributed by atoms with E-state index in [-0.39, 0.29) is 51.3 Å². The van der Waals surface area contributed by atoms with Gasteiger partial charge in [-0.05, 0) is 20.3 Å². The fraction of sp³-hybridized carbons (Fsp3) is 0.833. The van der Waals surface area contributed by atoms with Gasteiger partial charge in [-0.15, -0.1) is 0 Å². The van der Waals surface area contributed by atoms with E-state index in [0.717, 1.165) is 0 Å². The van der Waals surface area contributed by atoms with Gasteiger partial charge in [-0.25, -0.2) is 0 Å². The van der Waals surface area contributed by atoms with Gasteiger partial charge in [0.15, 0.2) is 0 Å². The minimum atomic E-state index is -0.722. The van der Waals surface area contributed by atoms with Crippen molar-refractivity contribution >= 4 is 5.97 Å². The van der Waals surface area contributed by atoms with Crippen LogP contribution in [-0.4, -0.2) is 11.1 Å². The first kappa shape index (κ1) is 17.3. The van der Waals surface area contributed by atoms with E-state index in [2.05, 4.69) is 0 Å². The first-order chi connectivity index (χ1) is 3.50. The van der Waals surface area contributed by atoms with Gasteiger partial charge in [-0.1, -0.05) is 6.92 Å².